The van der Waals surface area contributed by atoms with Crippen molar-refractivity contribution < 1.29 is 5.11 Å². The van der Waals surface area contributed by atoms with Crippen molar-refractivity contribution in [2.75, 3.05) is 0 Å². The van der Waals surface area contributed by atoms with E-state index in [1.807, 2.05) is 6.92 Å². The highest BCUT2D eigenvalue weighted by atomic mass is 32.2. The largest absolute Gasteiger partial charge is 0.392 e. The number of hydrogen-bond donors (Lipinski definition) is 1. The molecule has 0 fully saturated rings. The van der Waals surface area contributed by atoms with Crippen LogP contribution in [0, 0.1) is 0 Å². The van der Waals surface area contributed by atoms with Crippen LogP contribution in [0.1, 0.15) is 39.4 Å². The molecule has 0 aliphatic heterocycles. The van der Waals surface area contributed by atoms with E-state index in [0.717, 1.165) is 10.2 Å². The minimum atomic E-state index is -0.314. The molecule has 1 rings (SSSR count). The molecule has 3 nitrogen and oxygen atoms in total. The van der Waals surface area contributed by atoms with Gasteiger partial charge in [-0.25, -0.2) is 4.98 Å². The number of aliphatic hydroxyl groups is 1. The second-order valence-corrected chi connectivity index (χ2v) is 6.01. The highest BCUT2D eigenvalue weighted by Gasteiger charge is 2.14. The van der Waals surface area contributed by atoms with Gasteiger partial charge in [-0.15, -0.1) is 0 Å². The van der Waals surface area contributed by atoms with Gasteiger partial charge < -0.3 is 5.11 Å². The Labute approximate surface area is 93.1 Å². The van der Waals surface area contributed by atoms with Crippen LogP contribution in [0.4, 0.5) is 0 Å². The maximum absolute atomic E-state index is 9.33. The number of rotatable bonds is 4. The fraction of sp³-hybridized carbons (Fsp3) is 0.778. The zero-order chi connectivity index (χ0) is 10.7. The number of thioether (sulfide) groups is 1. The molecule has 80 valence electrons. The molecule has 0 bridgehead atoms. The third kappa shape index (κ3) is 3.22. The quantitative estimate of drug-likeness (QED) is 0.810. The molecule has 2 atom stereocenters. The monoisotopic (exact) mass is 232 g/mol. The molecule has 0 aliphatic rings. The Balaban J connectivity index is 2.60. The summed E-state index contributed by atoms with van der Waals surface area (Å²) in [4.78, 5) is 4.39. The Morgan fingerprint density at radius 2 is 1.93 bits per heavy atom. The van der Waals surface area contributed by atoms with Crippen LogP contribution in [-0.4, -0.2) is 25.8 Å². The van der Waals surface area contributed by atoms with E-state index in [4.69, 9.17) is 0 Å². The molecular formula is C9H16N2OS2. The van der Waals surface area contributed by atoms with Gasteiger partial charge in [0.2, 0.25) is 0 Å². The lowest BCUT2D eigenvalue weighted by Gasteiger charge is -2.10. The zero-order valence-corrected chi connectivity index (χ0v) is 10.5. The molecule has 0 saturated carbocycles. The van der Waals surface area contributed by atoms with Crippen LogP contribution in [0.3, 0.4) is 0 Å². The summed E-state index contributed by atoms with van der Waals surface area (Å²) in [6, 6.07) is 0. The van der Waals surface area contributed by atoms with Crippen LogP contribution in [0.5, 0.6) is 0 Å². The number of aliphatic hydroxyl groups excluding tert-OH is 1. The maximum Gasteiger partial charge on any atom is 0.170 e. The third-order valence-corrected chi connectivity index (χ3v) is 4.00. The summed E-state index contributed by atoms with van der Waals surface area (Å²) in [5.74, 6) is 1.28. The first-order chi connectivity index (χ1) is 6.50. The van der Waals surface area contributed by atoms with Crippen LogP contribution in [0.25, 0.3) is 0 Å². The summed E-state index contributed by atoms with van der Waals surface area (Å²) in [5.41, 5.74) is 0. The van der Waals surface area contributed by atoms with E-state index >= 15 is 0 Å². The van der Waals surface area contributed by atoms with Gasteiger partial charge in [0, 0.05) is 11.2 Å². The van der Waals surface area contributed by atoms with Gasteiger partial charge in [0.15, 0.2) is 4.34 Å². The highest BCUT2D eigenvalue weighted by Crippen LogP contribution is 2.28. The number of hydrogen-bond acceptors (Lipinski definition) is 5. The zero-order valence-electron chi connectivity index (χ0n) is 8.89. The SMILES string of the molecule is CC(C)c1nsc(SC(C)C(C)O)n1. The fourth-order valence-corrected chi connectivity index (χ4v) is 2.72. The molecule has 0 amide bonds. The Kier molecular flexibility index (Phi) is 4.34. The average Bonchev–Trinajstić information content (AvgIpc) is 2.52. The van der Waals surface area contributed by atoms with Gasteiger partial charge in [-0.3, -0.25) is 0 Å². The van der Waals surface area contributed by atoms with Crippen LogP contribution in [-0.2, 0) is 0 Å². The standard InChI is InChI=1S/C9H16N2OS2/c1-5(2)8-10-9(14-11-8)13-7(4)6(3)12/h5-7,12H,1-4H3. The summed E-state index contributed by atoms with van der Waals surface area (Å²) < 4.78 is 5.20. The van der Waals surface area contributed by atoms with Crippen molar-refractivity contribution in [3.8, 4) is 0 Å². The number of aromatic nitrogens is 2. The summed E-state index contributed by atoms with van der Waals surface area (Å²) in [5, 5.41) is 9.50. The normalized spacial score (nSPS) is 15.9. The minimum absolute atomic E-state index is 0.169. The van der Waals surface area contributed by atoms with E-state index in [2.05, 4.69) is 23.2 Å². The molecule has 0 saturated heterocycles. The topological polar surface area (TPSA) is 46.0 Å². The van der Waals surface area contributed by atoms with E-state index in [0.29, 0.717) is 5.92 Å². The summed E-state index contributed by atoms with van der Waals surface area (Å²) in [7, 11) is 0. The second-order valence-electron chi connectivity index (χ2n) is 3.64. The summed E-state index contributed by atoms with van der Waals surface area (Å²) in [6.07, 6.45) is -0.314. The minimum Gasteiger partial charge on any atom is -0.392 e. The molecule has 1 heterocycles. The van der Waals surface area contributed by atoms with Crippen molar-refractivity contribution in [1.82, 2.24) is 9.36 Å². The molecule has 1 N–H and O–H groups in total. The molecule has 0 spiro atoms. The molecule has 1 aromatic heterocycles. The van der Waals surface area contributed by atoms with Gasteiger partial charge in [-0.05, 0) is 18.5 Å². The smallest absolute Gasteiger partial charge is 0.170 e. The lowest BCUT2D eigenvalue weighted by molar-refractivity contribution is 0.196. The second kappa shape index (κ2) is 5.09. The van der Waals surface area contributed by atoms with E-state index in [1.165, 1.54) is 11.5 Å². The highest BCUT2D eigenvalue weighted by molar-refractivity contribution is 8.01. The molecular weight excluding hydrogens is 216 g/mol. The predicted octanol–water partition coefficient (Wildman–Crippen LogP) is 2.52. The van der Waals surface area contributed by atoms with Crippen LogP contribution >= 0.6 is 23.3 Å². The Bertz CT molecular complexity index is 286. The Morgan fingerprint density at radius 3 is 2.36 bits per heavy atom. The number of nitrogens with zero attached hydrogens (tertiary/aromatic N) is 2. The van der Waals surface area contributed by atoms with Crippen molar-refractivity contribution in [3.63, 3.8) is 0 Å². The molecule has 2 unspecified atom stereocenters. The van der Waals surface area contributed by atoms with Crippen molar-refractivity contribution in [2.24, 2.45) is 0 Å². The van der Waals surface area contributed by atoms with Crippen LogP contribution in [0.15, 0.2) is 4.34 Å². The van der Waals surface area contributed by atoms with Gasteiger partial charge in [0.05, 0.1) is 6.10 Å². The molecule has 0 radical (unpaired) electrons. The van der Waals surface area contributed by atoms with Gasteiger partial charge in [-0.2, -0.15) is 4.37 Å². The lowest BCUT2D eigenvalue weighted by Crippen LogP contribution is -2.14. The fourth-order valence-electron chi connectivity index (χ4n) is 0.760. The Hall–Kier alpha value is -0.130. The first-order valence-corrected chi connectivity index (χ1v) is 6.34. The molecule has 14 heavy (non-hydrogen) atoms. The molecule has 0 aliphatic carbocycles. The summed E-state index contributed by atoms with van der Waals surface area (Å²) in [6.45, 7) is 7.94. The van der Waals surface area contributed by atoms with Crippen molar-refractivity contribution >= 4 is 23.3 Å². The van der Waals surface area contributed by atoms with Crippen LogP contribution < -0.4 is 0 Å². The van der Waals surface area contributed by atoms with Crippen molar-refractivity contribution in [2.45, 2.75) is 49.3 Å². The van der Waals surface area contributed by atoms with Gasteiger partial charge in [-0.1, -0.05) is 32.5 Å². The van der Waals surface area contributed by atoms with Gasteiger partial charge in [0.25, 0.3) is 0 Å². The molecule has 0 aromatic carbocycles. The van der Waals surface area contributed by atoms with Crippen molar-refractivity contribution in [1.29, 1.82) is 0 Å². The molecule has 1 aromatic rings. The summed E-state index contributed by atoms with van der Waals surface area (Å²) >= 11 is 3.00. The van der Waals surface area contributed by atoms with Gasteiger partial charge in [0.1, 0.15) is 5.82 Å². The van der Waals surface area contributed by atoms with Crippen molar-refractivity contribution in [3.05, 3.63) is 5.82 Å². The predicted molar refractivity (Wildman–Crippen MR) is 61.0 cm³/mol. The maximum atomic E-state index is 9.33. The van der Waals surface area contributed by atoms with Gasteiger partial charge >= 0.3 is 0 Å². The molecule has 5 heteroatoms. The Morgan fingerprint density at radius 1 is 1.29 bits per heavy atom. The third-order valence-electron chi connectivity index (χ3n) is 1.91. The first-order valence-electron chi connectivity index (χ1n) is 4.69. The lowest BCUT2D eigenvalue weighted by atomic mass is 10.2. The van der Waals surface area contributed by atoms with Crippen LogP contribution in [0.2, 0.25) is 0 Å². The van der Waals surface area contributed by atoms with E-state index in [9.17, 15) is 5.11 Å². The first kappa shape index (κ1) is 11.9. The van der Waals surface area contributed by atoms with E-state index < -0.39 is 0 Å². The van der Waals surface area contributed by atoms with E-state index in [-0.39, 0.29) is 11.4 Å². The average molecular weight is 232 g/mol. The van der Waals surface area contributed by atoms with E-state index in [1.54, 1.807) is 18.7 Å².